The maximum Gasteiger partial charge on any atom is 0.0811 e. The van der Waals surface area contributed by atoms with E-state index in [2.05, 4.69) is 59.9 Å². The number of hydrogen-bond acceptors (Lipinski definition) is 2. The molecule has 0 bridgehead atoms. The Morgan fingerprint density at radius 2 is 1.82 bits per heavy atom. The molecule has 0 aliphatic carbocycles. The van der Waals surface area contributed by atoms with E-state index in [0.717, 1.165) is 19.6 Å². The smallest absolute Gasteiger partial charge is 0.0811 e. The van der Waals surface area contributed by atoms with Gasteiger partial charge in [0.2, 0.25) is 0 Å². The molecule has 2 unspecified atom stereocenters. The van der Waals surface area contributed by atoms with E-state index in [1.54, 1.807) is 0 Å². The highest BCUT2D eigenvalue weighted by molar-refractivity contribution is 5.06. The molecule has 0 aromatic carbocycles. The third-order valence-electron chi connectivity index (χ3n) is 2.67. The van der Waals surface area contributed by atoms with Crippen LogP contribution in [0, 0.1) is 5.41 Å². The van der Waals surface area contributed by atoms with Gasteiger partial charge >= 0.3 is 0 Å². The van der Waals surface area contributed by atoms with Gasteiger partial charge in [0.25, 0.3) is 0 Å². The number of rotatable bonds is 7. The number of ether oxygens (including phenoxy) is 1. The molecule has 102 valence electrons. The van der Waals surface area contributed by atoms with Crippen LogP contribution in [0.3, 0.4) is 0 Å². The molecule has 1 N–H and O–H groups in total. The normalized spacial score (nSPS) is 15.5. The zero-order valence-electron chi connectivity index (χ0n) is 12.8. The first-order valence-corrected chi connectivity index (χ1v) is 6.82. The molecule has 17 heavy (non-hydrogen) atoms. The SMILES string of the molecule is CCCNC(C=C(C)C)C(OCC)C(C)(C)C. The van der Waals surface area contributed by atoms with Gasteiger partial charge in [0, 0.05) is 6.61 Å². The minimum Gasteiger partial charge on any atom is -0.376 e. The third kappa shape index (κ3) is 6.85. The van der Waals surface area contributed by atoms with Crippen molar-refractivity contribution in [3.8, 4) is 0 Å². The second-order valence-corrected chi connectivity index (χ2v) is 5.97. The minimum absolute atomic E-state index is 0.146. The van der Waals surface area contributed by atoms with Gasteiger partial charge in [-0.05, 0) is 39.2 Å². The number of allylic oxidation sites excluding steroid dienone is 1. The van der Waals surface area contributed by atoms with E-state index in [1.165, 1.54) is 5.57 Å². The van der Waals surface area contributed by atoms with Crippen molar-refractivity contribution in [2.45, 2.75) is 67.0 Å². The van der Waals surface area contributed by atoms with Crippen molar-refractivity contribution < 1.29 is 4.74 Å². The summed E-state index contributed by atoms with van der Waals surface area (Å²) in [6.07, 6.45) is 3.66. The summed E-state index contributed by atoms with van der Waals surface area (Å²) in [7, 11) is 0. The highest BCUT2D eigenvalue weighted by Crippen LogP contribution is 2.26. The molecule has 0 aromatic rings. The van der Waals surface area contributed by atoms with Crippen LogP contribution in [0.4, 0.5) is 0 Å². The predicted octanol–water partition coefficient (Wildman–Crippen LogP) is 3.77. The zero-order chi connectivity index (χ0) is 13.5. The Balaban J connectivity index is 4.86. The van der Waals surface area contributed by atoms with Gasteiger partial charge in [0.1, 0.15) is 0 Å². The molecule has 0 aliphatic heterocycles. The van der Waals surface area contributed by atoms with Crippen LogP contribution in [0.1, 0.15) is 54.9 Å². The highest BCUT2D eigenvalue weighted by atomic mass is 16.5. The van der Waals surface area contributed by atoms with Crippen molar-refractivity contribution in [1.82, 2.24) is 5.32 Å². The molecule has 0 amide bonds. The van der Waals surface area contributed by atoms with Crippen LogP contribution in [-0.2, 0) is 4.74 Å². The average molecular weight is 241 g/mol. The van der Waals surface area contributed by atoms with Crippen LogP contribution in [0.5, 0.6) is 0 Å². The second kappa shape index (κ2) is 7.88. The van der Waals surface area contributed by atoms with Crippen molar-refractivity contribution in [3.05, 3.63) is 11.6 Å². The highest BCUT2D eigenvalue weighted by Gasteiger charge is 2.31. The zero-order valence-corrected chi connectivity index (χ0v) is 12.8. The van der Waals surface area contributed by atoms with E-state index < -0.39 is 0 Å². The van der Waals surface area contributed by atoms with Crippen molar-refractivity contribution in [1.29, 1.82) is 0 Å². The largest absolute Gasteiger partial charge is 0.376 e. The fraction of sp³-hybridized carbons (Fsp3) is 0.867. The van der Waals surface area contributed by atoms with Crippen molar-refractivity contribution in [2.75, 3.05) is 13.2 Å². The van der Waals surface area contributed by atoms with Gasteiger partial charge in [-0.2, -0.15) is 0 Å². The van der Waals surface area contributed by atoms with E-state index in [0.29, 0.717) is 6.04 Å². The minimum atomic E-state index is 0.146. The third-order valence-corrected chi connectivity index (χ3v) is 2.67. The first kappa shape index (κ1) is 16.7. The fourth-order valence-electron chi connectivity index (χ4n) is 2.00. The molecular weight excluding hydrogens is 210 g/mol. The van der Waals surface area contributed by atoms with Gasteiger partial charge in [-0.3, -0.25) is 0 Å². The summed E-state index contributed by atoms with van der Waals surface area (Å²) in [5.74, 6) is 0. The number of hydrogen-bond donors (Lipinski definition) is 1. The molecule has 0 heterocycles. The molecule has 0 saturated heterocycles. The van der Waals surface area contributed by atoms with E-state index >= 15 is 0 Å². The molecule has 0 rings (SSSR count). The Bertz CT molecular complexity index is 224. The van der Waals surface area contributed by atoms with Crippen LogP contribution in [0.15, 0.2) is 11.6 Å². The summed E-state index contributed by atoms with van der Waals surface area (Å²) >= 11 is 0. The molecule has 0 aromatic heterocycles. The van der Waals surface area contributed by atoms with Crippen molar-refractivity contribution in [2.24, 2.45) is 5.41 Å². The van der Waals surface area contributed by atoms with E-state index in [9.17, 15) is 0 Å². The standard InChI is InChI=1S/C15H31NO/c1-8-10-16-13(11-12(3)4)14(17-9-2)15(5,6)7/h11,13-14,16H,8-10H2,1-7H3. The average Bonchev–Trinajstić information content (AvgIpc) is 2.19. The maximum absolute atomic E-state index is 5.96. The lowest BCUT2D eigenvalue weighted by atomic mass is 9.83. The molecule has 0 aliphatic rings. The topological polar surface area (TPSA) is 21.3 Å². The van der Waals surface area contributed by atoms with Crippen LogP contribution in [0.2, 0.25) is 0 Å². The monoisotopic (exact) mass is 241 g/mol. The Hall–Kier alpha value is -0.340. The maximum atomic E-state index is 5.96. The summed E-state index contributed by atoms with van der Waals surface area (Å²) in [4.78, 5) is 0. The summed E-state index contributed by atoms with van der Waals surface area (Å²) in [5.41, 5.74) is 1.49. The van der Waals surface area contributed by atoms with Crippen LogP contribution in [0.25, 0.3) is 0 Å². The molecule has 0 spiro atoms. The Morgan fingerprint density at radius 1 is 1.24 bits per heavy atom. The van der Waals surface area contributed by atoms with Crippen LogP contribution < -0.4 is 5.32 Å². The Labute approximate surface area is 108 Å². The molecule has 2 heteroatoms. The lowest BCUT2D eigenvalue weighted by molar-refractivity contribution is -0.0257. The van der Waals surface area contributed by atoms with E-state index in [1.807, 2.05) is 0 Å². The summed E-state index contributed by atoms with van der Waals surface area (Å²) in [6, 6.07) is 0.305. The molecule has 2 atom stereocenters. The first-order chi connectivity index (χ1) is 7.82. The summed E-state index contributed by atoms with van der Waals surface area (Å²) < 4.78 is 5.96. The fourth-order valence-corrected chi connectivity index (χ4v) is 2.00. The van der Waals surface area contributed by atoms with Crippen molar-refractivity contribution in [3.63, 3.8) is 0 Å². The molecule has 0 saturated carbocycles. The summed E-state index contributed by atoms with van der Waals surface area (Å²) in [5, 5.41) is 3.59. The van der Waals surface area contributed by atoms with E-state index in [4.69, 9.17) is 4.74 Å². The van der Waals surface area contributed by atoms with E-state index in [-0.39, 0.29) is 11.5 Å². The van der Waals surface area contributed by atoms with Gasteiger partial charge in [0.05, 0.1) is 12.1 Å². The lowest BCUT2D eigenvalue weighted by Crippen LogP contribution is -2.47. The van der Waals surface area contributed by atoms with Gasteiger partial charge < -0.3 is 10.1 Å². The molecular formula is C15H31NO. The Morgan fingerprint density at radius 3 is 2.18 bits per heavy atom. The van der Waals surface area contributed by atoms with Crippen molar-refractivity contribution >= 4 is 0 Å². The second-order valence-electron chi connectivity index (χ2n) is 5.97. The molecule has 2 nitrogen and oxygen atoms in total. The predicted molar refractivity (Wildman–Crippen MR) is 76.4 cm³/mol. The molecule has 0 radical (unpaired) electrons. The van der Waals surface area contributed by atoms with Gasteiger partial charge in [-0.1, -0.05) is 39.3 Å². The quantitative estimate of drug-likeness (QED) is 0.685. The Kier molecular flexibility index (Phi) is 7.73. The first-order valence-electron chi connectivity index (χ1n) is 6.82. The van der Waals surface area contributed by atoms with Gasteiger partial charge in [-0.15, -0.1) is 0 Å². The summed E-state index contributed by atoms with van der Waals surface area (Å²) in [6.45, 7) is 17.1. The van der Waals surface area contributed by atoms with Crippen LogP contribution >= 0.6 is 0 Å². The van der Waals surface area contributed by atoms with Gasteiger partial charge in [-0.25, -0.2) is 0 Å². The molecule has 0 fully saturated rings. The van der Waals surface area contributed by atoms with Crippen LogP contribution in [-0.4, -0.2) is 25.3 Å². The van der Waals surface area contributed by atoms with Gasteiger partial charge in [0.15, 0.2) is 0 Å². The lowest BCUT2D eigenvalue weighted by Gasteiger charge is -2.36. The number of nitrogens with one attached hydrogen (secondary N) is 1.